The van der Waals surface area contributed by atoms with Crippen molar-refractivity contribution in [2.24, 2.45) is 75.8 Å². The number of guanidine groups is 3. The van der Waals surface area contributed by atoms with Gasteiger partial charge in [0, 0.05) is 35.3 Å². The van der Waals surface area contributed by atoms with Gasteiger partial charge in [0.25, 0.3) is 0 Å². The highest BCUT2D eigenvalue weighted by atomic mass is 16.2. The molecule has 0 fully saturated rings. The van der Waals surface area contributed by atoms with E-state index in [-0.39, 0.29) is 35.7 Å². The second-order valence-electron chi connectivity index (χ2n) is 12.6. The van der Waals surface area contributed by atoms with Gasteiger partial charge in [0.05, 0.1) is 23.2 Å². The summed E-state index contributed by atoms with van der Waals surface area (Å²) in [5.41, 5.74) is 46.8. The second kappa shape index (κ2) is 22.4. The summed E-state index contributed by atoms with van der Waals surface area (Å²) in [6, 6.07) is 10.7. The maximum Gasteiger partial charge on any atom is 0.224 e. The van der Waals surface area contributed by atoms with Crippen LogP contribution in [0.15, 0.2) is 72.1 Å². The summed E-state index contributed by atoms with van der Waals surface area (Å²) in [6.07, 6.45) is 5.76. The van der Waals surface area contributed by atoms with E-state index >= 15 is 0 Å². The van der Waals surface area contributed by atoms with Gasteiger partial charge < -0.3 is 50.8 Å². The van der Waals surface area contributed by atoms with Crippen LogP contribution in [0.5, 0.6) is 0 Å². The summed E-state index contributed by atoms with van der Waals surface area (Å²) in [5.74, 6) is -0.370. The average molecular weight is 746 g/mol. The van der Waals surface area contributed by atoms with Crippen molar-refractivity contribution in [3.05, 3.63) is 58.7 Å². The van der Waals surface area contributed by atoms with Gasteiger partial charge in [0.15, 0.2) is 0 Å². The number of carbonyl (C=O) groups excluding carboxylic acids is 2. The third-order valence-corrected chi connectivity index (χ3v) is 7.64. The van der Waals surface area contributed by atoms with Crippen LogP contribution in [0.4, 0.5) is 11.4 Å². The summed E-state index contributed by atoms with van der Waals surface area (Å²) in [6.45, 7) is 8.80. The molecule has 2 rings (SSSR count). The first-order chi connectivity index (χ1) is 25.5. The van der Waals surface area contributed by atoms with Crippen LogP contribution < -0.4 is 56.2 Å². The van der Waals surface area contributed by atoms with E-state index in [1.165, 1.54) is 0 Å². The molecule has 54 heavy (non-hydrogen) atoms. The van der Waals surface area contributed by atoms with E-state index in [0.29, 0.717) is 58.3 Å². The van der Waals surface area contributed by atoms with Gasteiger partial charge in [-0.05, 0) is 95.0 Å². The van der Waals surface area contributed by atoms with Gasteiger partial charge in [-0.25, -0.2) is 0 Å². The molecule has 0 spiro atoms. The zero-order valence-electron chi connectivity index (χ0n) is 31.7. The number of rotatable bonds is 20. The molecule has 0 aromatic heterocycles. The number of carbonyl (C=O) groups is 2. The van der Waals surface area contributed by atoms with Crippen LogP contribution >= 0.6 is 0 Å². The van der Waals surface area contributed by atoms with Crippen molar-refractivity contribution < 1.29 is 9.59 Å². The first-order valence-electron chi connectivity index (χ1n) is 17.4. The average Bonchev–Trinajstić information content (AvgIpc) is 3.11. The second-order valence-corrected chi connectivity index (χ2v) is 12.6. The summed E-state index contributed by atoms with van der Waals surface area (Å²) >= 11 is 0. The lowest BCUT2D eigenvalue weighted by atomic mass is 10.0. The molecule has 2 aromatic carbocycles. The van der Waals surface area contributed by atoms with Crippen molar-refractivity contribution in [3.8, 4) is 0 Å². The maximum atomic E-state index is 12.8. The first-order valence-corrected chi connectivity index (χ1v) is 17.4. The van der Waals surface area contributed by atoms with Crippen LogP contribution in [0.3, 0.4) is 0 Å². The predicted octanol–water partition coefficient (Wildman–Crippen LogP) is 2.32. The van der Waals surface area contributed by atoms with E-state index in [0.717, 1.165) is 49.7 Å². The number of nitrogens with one attached hydrogen (secondary N) is 3. The number of hydrazone groups is 1. The molecule has 0 radical (unpaired) electrons. The Morgan fingerprint density at radius 2 is 0.944 bits per heavy atom. The van der Waals surface area contributed by atoms with Gasteiger partial charge in [-0.3, -0.25) is 15.0 Å². The highest BCUT2D eigenvalue weighted by molar-refractivity contribution is 6.06. The topological polar surface area (TPSA) is 339 Å². The molecule has 0 aliphatic carbocycles. The molecule has 2 amide bonds. The standard InChI is InChI=1S/C35H55N17O2/c1-20(45-49-24(5)36)25-14-26(21(2)46-50-33(37)38)17-29(16-25)43-31(53)12-10-8-6-7-9-11-13-32(54)44-30-18-27(22(3)47-51-34(39)40)15-28(19-30)23(4)48-52-35(41)42/h14-19,22,47H,6-13H2,1-5H3,(H2,36,49)(H,43,53)(H,44,54)(H4,37,38,50)(H4,39,40,51)(H4,41,42,52)/b45-20-,46-21?,48-23-. The van der Waals surface area contributed by atoms with E-state index < -0.39 is 0 Å². The number of nitrogens with two attached hydrogens (primary N) is 7. The monoisotopic (exact) mass is 745 g/mol. The Hall–Kier alpha value is -6.53. The van der Waals surface area contributed by atoms with Crippen LogP contribution in [0.2, 0.25) is 0 Å². The Morgan fingerprint density at radius 1 is 0.537 bits per heavy atom. The normalized spacial score (nSPS) is 12.7. The van der Waals surface area contributed by atoms with Crippen molar-refractivity contribution in [2.75, 3.05) is 10.6 Å². The maximum absolute atomic E-state index is 12.8. The number of nitrogens with zero attached hydrogens (tertiary/aromatic N) is 7. The quantitative estimate of drug-likeness (QED) is 0.0408. The molecule has 0 aliphatic heterocycles. The van der Waals surface area contributed by atoms with E-state index in [9.17, 15) is 9.59 Å². The third kappa shape index (κ3) is 17.1. The molecule has 19 heteroatoms. The minimum atomic E-state index is -0.285. The Morgan fingerprint density at radius 3 is 1.37 bits per heavy atom. The number of amidine groups is 1. The molecule has 19 nitrogen and oxygen atoms in total. The Kier molecular flexibility index (Phi) is 18.1. The Bertz CT molecular complexity index is 1760. The van der Waals surface area contributed by atoms with Crippen LogP contribution in [0.1, 0.15) is 114 Å². The van der Waals surface area contributed by atoms with Gasteiger partial charge >= 0.3 is 0 Å². The first kappa shape index (κ1) is 43.6. The molecular weight excluding hydrogens is 691 g/mol. The zero-order chi connectivity index (χ0) is 40.2. The van der Waals surface area contributed by atoms with Gasteiger partial charge in [0.2, 0.25) is 29.7 Å². The molecule has 0 saturated heterocycles. The molecule has 1 atom stereocenters. The highest BCUT2D eigenvalue weighted by Crippen LogP contribution is 2.23. The largest absolute Gasteiger partial charge is 0.386 e. The molecule has 0 aliphatic rings. The number of anilines is 2. The fourth-order valence-electron chi connectivity index (χ4n) is 4.86. The third-order valence-electron chi connectivity index (χ3n) is 7.64. The minimum Gasteiger partial charge on any atom is -0.386 e. The van der Waals surface area contributed by atoms with E-state index in [1.807, 2.05) is 25.1 Å². The number of unbranched alkanes of at least 4 members (excludes halogenated alkanes) is 5. The number of benzene rings is 2. The van der Waals surface area contributed by atoms with Crippen LogP contribution in [-0.4, -0.2) is 52.7 Å². The van der Waals surface area contributed by atoms with Crippen LogP contribution in [0.25, 0.3) is 0 Å². The molecule has 292 valence electrons. The molecular formula is C35H55N17O2. The predicted molar refractivity (Wildman–Crippen MR) is 220 cm³/mol. The lowest BCUT2D eigenvalue weighted by Gasteiger charge is -2.16. The highest BCUT2D eigenvalue weighted by Gasteiger charge is 2.13. The fraction of sp³-hybridized carbons (Fsp3) is 0.400. The van der Waals surface area contributed by atoms with Gasteiger partial charge in [-0.1, -0.05) is 25.7 Å². The van der Waals surface area contributed by atoms with Crippen molar-refractivity contribution >= 4 is 64.0 Å². The molecule has 0 saturated carbocycles. The van der Waals surface area contributed by atoms with Gasteiger partial charge in [0.1, 0.15) is 5.84 Å². The smallest absolute Gasteiger partial charge is 0.224 e. The van der Waals surface area contributed by atoms with E-state index in [1.54, 1.807) is 45.9 Å². The molecule has 17 N–H and O–H groups in total. The van der Waals surface area contributed by atoms with Crippen molar-refractivity contribution in [2.45, 2.75) is 92.0 Å². The minimum absolute atomic E-state index is 0.106. The van der Waals surface area contributed by atoms with Crippen molar-refractivity contribution in [1.82, 2.24) is 5.43 Å². The molecule has 0 bridgehead atoms. The fourth-order valence-corrected chi connectivity index (χ4v) is 4.86. The van der Waals surface area contributed by atoms with Crippen LogP contribution in [-0.2, 0) is 9.59 Å². The summed E-state index contributed by atoms with van der Waals surface area (Å²) < 4.78 is 0. The number of hydrogen-bond donors (Lipinski definition) is 10. The summed E-state index contributed by atoms with van der Waals surface area (Å²) in [4.78, 5) is 25.7. The Balaban J connectivity index is 1.90. The van der Waals surface area contributed by atoms with E-state index in [2.05, 4.69) is 51.8 Å². The SMILES string of the molecule is CC(N)=N/N=C(/C)c1cc(NC(=O)CCCCCCCCC(=O)Nc2cc(/C(C)=N\N=C(N)N)cc(C(C)NN=C(N)N)c2)cc(C(C)=NN=C(N)N)c1. The lowest BCUT2D eigenvalue weighted by molar-refractivity contribution is -0.117. The Labute approximate surface area is 315 Å². The lowest BCUT2D eigenvalue weighted by Crippen LogP contribution is -2.27. The van der Waals surface area contributed by atoms with Gasteiger partial charge in [-0.15, -0.1) is 20.4 Å². The number of hydrogen-bond acceptors (Lipinski definition) is 10. The zero-order valence-corrected chi connectivity index (χ0v) is 31.7. The summed E-state index contributed by atoms with van der Waals surface area (Å²) in [5, 5.41) is 33.4. The van der Waals surface area contributed by atoms with Gasteiger partial charge in [-0.2, -0.15) is 15.3 Å². The number of amides is 2. The van der Waals surface area contributed by atoms with E-state index in [4.69, 9.17) is 40.1 Å². The summed E-state index contributed by atoms with van der Waals surface area (Å²) in [7, 11) is 0. The molecule has 2 aromatic rings. The molecule has 1 unspecified atom stereocenters. The van der Waals surface area contributed by atoms with Crippen molar-refractivity contribution in [3.63, 3.8) is 0 Å². The van der Waals surface area contributed by atoms with Crippen LogP contribution in [0, 0.1) is 0 Å². The van der Waals surface area contributed by atoms with Crippen molar-refractivity contribution in [1.29, 1.82) is 0 Å². The molecule has 0 heterocycles.